The van der Waals surface area contributed by atoms with E-state index in [2.05, 4.69) is 5.32 Å². The minimum Gasteiger partial charge on any atom is -0.467 e. The van der Waals surface area contributed by atoms with Crippen molar-refractivity contribution in [3.63, 3.8) is 0 Å². The average molecular weight is 208 g/mol. The number of carbonyl (C=O) groups is 1. The Morgan fingerprint density at radius 2 is 2.47 bits per heavy atom. The number of carbonyl (C=O) groups excluding carboxylic acids is 1. The van der Waals surface area contributed by atoms with E-state index in [-0.39, 0.29) is 6.03 Å². The lowest BCUT2D eigenvalue weighted by molar-refractivity contribution is 0.193. The maximum atomic E-state index is 11.7. The molecule has 0 aromatic carbocycles. The van der Waals surface area contributed by atoms with Gasteiger partial charge in [0.1, 0.15) is 5.76 Å². The van der Waals surface area contributed by atoms with Crippen LogP contribution < -0.4 is 5.32 Å². The van der Waals surface area contributed by atoms with Crippen LogP contribution in [0.5, 0.6) is 0 Å². The van der Waals surface area contributed by atoms with Crippen molar-refractivity contribution in [1.82, 2.24) is 10.2 Å². The van der Waals surface area contributed by atoms with E-state index in [1.165, 1.54) is 0 Å². The molecule has 0 aliphatic heterocycles. The fraction of sp³-hybridized carbons (Fsp3) is 0.545. The summed E-state index contributed by atoms with van der Waals surface area (Å²) in [4.78, 5) is 13.5. The summed E-state index contributed by atoms with van der Waals surface area (Å²) in [5.41, 5.74) is 0. The quantitative estimate of drug-likeness (QED) is 0.822. The summed E-state index contributed by atoms with van der Waals surface area (Å²) in [7, 11) is 0. The number of nitrogens with one attached hydrogen (secondary N) is 1. The summed E-state index contributed by atoms with van der Waals surface area (Å²) in [6, 6.07) is 4.13. The lowest BCUT2D eigenvalue weighted by Gasteiger charge is -2.19. The molecule has 1 N–H and O–H groups in total. The predicted octanol–water partition coefficient (Wildman–Crippen LogP) is 1.97. The minimum atomic E-state index is 0.0106. The number of rotatable bonds is 4. The van der Waals surface area contributed by atoms with Crippen LogP contribution in [0, 0.1) is 0 Å². The van der Waals surface area contributed by atoms with Gasteiger partial charge in [-0.2, -0.15) is 0 Å². The van der Waals surface area contributed by atoms with Gasteiger partial charge in [-0.25, -0.2) is 4.79 Å². The molecule has 1 fully saturated rings. The molecule has 4 heteroatoms. The topological polar surface area (TPSA) is 45.5 Å². The summed E-state index contributed by atoms with van der Waals surface area (Å²) in [6.07, 6.45) is 3.86. The Kier molecular flexibility index (Phi) is 2.94. The Bertz CT molecular complexity index is 317. The Hall–Kier alpha value is -1.45. The van der Waals surface area contributed by atoms with E-state index in [0.29, 0.717) is 19.1 Å². The van der Waals surface area contributed by atoms with Gasteiger partial charge in [0.25, 0.3) is 0 Å². The first kappa shape index (κ1) is 10.1. The van der Waals surface area contributed by atoms with Crippen LogP contribution >= 0.6 is 0 Å². The van der Waals surface area contributed by atoms with E-state index in [4.69, 9.17) is 4.42 Å². The third kappa shape index (κ3) is 2.75. The van der Waals surface area contributed by atoms with Gasteiger partial charge in [-0.15, -0.1) is 0 Å². The Labute approximate surface area is 89.2 Å². The molecule has 1 heterocycles. The normalized spacial score (nSPS) is 15.0. The number of hydrogen-bond donors (Lipinski definition) is 1. The van der Waals surface area contributed by atoms with E-state index in [9.17, 15) is 4.79 Å². The highest BCUT2D eigenvalue weighted by molar-refractivity contribution is 5.74. The van der Waals surface area contributed by atoms with Gasteiger partial charge in [-0.1, -0.05) is 0 Å². The van der Waals surface area contributed by atoms with Crippen molar-refractivity contribution in [3.8, 4) is 0 Å². The molecule has 0 bridgehead atoms. The number of urea groups is 1. The van der Waals surface area contributed by atoms with Gasteiger partial charge in [0.15, 0.2) is 0 Å². The van der Waals surface area contributed by atoms with E-state index in [1.54, 1.807) is 11.2 Å². The zero-order valence-corrected chi connectivity index (χ0v) is 8.90. The fourth-order valence-electron chi connectivity index (χ4n) is 1.41. The molecule has 0 unspecified atom stereocenters. The number of hydrogen-bond acceptors (Lipinski definition) is 2. The monoisotopic (exact) mass is 208 g/mol. The van der Waals surface area contributed by atoms with Gasteiger partial charge in [0.05, 0.1) is 12.8 Å². The highest BCUT2D eigenvalue weighted by atomic mass is 16.3. The molecule has 15 heavy (non-hydrogen) atoms. The van der Waals surface area contributed by atoms with Crippen LogP contribution in [0.4, 0.5) is 4.79 Å². The molecule has 1 aliphatic carbocycles. The lowest BCUT2D eigenvalue weighted by atomic mass is 10.4. The number of furan rings is 1. The molecule has 82 valence electrons. The van der Waals surface area contributed by atoms with Crippen molar-refractivity contribution in [2.24, 2.45) is 0 Å². The van der Waals surface area contributed by atoms with Crippen molar-refractivity contribution in [2.45, 2.75) is 32.4 Å². The fourth-order valence-corrected chi connectivity index (χ4v) is 1.41. The molecular weight excluding hydrogens is 192 g/mol. The molecule has 0 spiro atoms. The van der Waals surface area contributed by atoms with Crippen LogP contribution in [-0.2, 0) is 6.54 Å². The minimum absolute atomic E-state index is 0.0106. The molecule has 1 aromatic heterocycles. The number of amides is 2. The van der Waals surface area contributed by atoms with Crippen molar-refractivity contribution in [3.05, 3.63) is 24.2 Å². The maximum Gasteiger partial charge on any atom is 0.318 e. The molecule has 2 rings (SSSR count). The van der Waals surface area contributed by atoms with Gasteiger partial charge in [0, 0.05) is 12.6 Å². The molecule has 0 radical (unpaired) electrons. The second-order valence-electron chi connectivity index (χ2n) is 3.82. The first-order valence-electron chi connectivity index (χ1n) is 5.37. The first-order chi connectivity index (χ1) is 7.29. The smallest absolute Gasteiger partial charge is 0.318 e. The SMILES string of the molecule is CCN(Cc1ccco1)C(=O)NC1CC1. The highest BCUT2D eigenvalue weighted by Gasteiger charge is 2.25. The van der Waals surface area contributed by atoms with Crippen molar-refractivity contribution < 1.29 is 9.21 Å². The summed E-state index contributed by atoms with van der Waals surface area (Å²) in [5, 5.41) is 2.96. The highest BCUT2D eigenvalue weighted by Crippen LogP contribution is 2.19. The van der Waals surface area contributed by atoms with E-state index < -0.39 is 0 Å². The summed E-state index contributed by atoms with van der Waals surface area (Å²) < 4.78 is 5.21. The third-order valence-corrected chi connectivity index (χ3v) is 2.50. The largest absolute Gasteiger partial charge is 0.467 e. The average Bonchev–Trinajstić information content (AvgIpc) is 2.89. The van der Waals surface area contributed by atoms with Crippen molar-refractivity contribution >= 4 is 6.03 Å². The van der Waals surface area contributed by atoms with E-state index in [1.807, 2.05) is 19.1 Å². The summed E-state index contributed by atoms with van der Waals surface area (Å²) >= 11 is 0. The Balaban J connectivity index is 1.88. The van der Waals surface area contributed by atoms with Gasteiger partial charge in [-0.05, 0) is 31.9 Å². The molecular formula is C11H16N2O2. The molecule has 0 saturated heterocycles. The second-order valence-corrected chi connectivity index (χ2v) is 3.82. The standard InChI is InChI=1S/C11H16N2O2/c1-2-13(8-10-4-3-7-15-10)11(14)12-9-5-6-9/h3-4,7,9H,2,5-6,8H2,1H3,(H,12,14). The van der Waals surface area contributed by atoms with Crippen LogP contribution in [0.25, 0.3) is 0 Å². The van der Waals surface area contributed by atoms with Gasteiger partial charge < -0.3 is 14.6 Å². The van der Waals surface area contributed by atoms with Gasteiger partial charge in [-0.3, -0.25) is 0 Å². The lowest BCUT2D eigenvalue weighted by Crippen LogP contribution is -2.40. The molecule has 1 saturated carbocycles. The Morgan fingerprint density at radius 1 is 1.67 bits per heavy atom. The van der Waals surface area contributed by atoms with Crippen LogP contribution in [0.3, 0.4) is 0 Å². The maximum absolute atomic E-state index is 11.7. The van der Waals surface area contributed by atoms with Crippen LogP contribution in [0.15, 0.2) is 22.8 Å². The van der Waals surface area contributed by atoms with Gasteiger partial charge >= 0.3 is 6.03 Å². The third-order valence-electron chi connectivity index (χ3n) is 2.50. The van der Waals surface area contributed by atoms with Crippen LogP contribution in [0.1, 0.15) is 25.5 Å². The van der Waals surface area contributed by atoms with Crippen molar-refractivity contribution in [2.75, 3.05) is 6.54 Å². The molecule has 1 aliphatic rings. The summed E-state index contributed by atoms with van der Waals surface area (Å²) in [6.45, 7) is 3.21. The second kappa shape index (κ2) is 4.38. The van der Waals surface area contributed by atoms with E-state index in [0.717, 1.165) is 18.6 Å². The molecule has 4 nitrogen and oxygen atoms in total. The van der Waals surface area contributed by atoms with Crippen molar-refractivity contribution in [1.29, 1.82) is 0 Å². The zero-order valence-electron chi connectivity index (χ0n) is 8.90. The van der Waals surface area contributed by atoms with Crippen LogP contribution in [0.2, 0.25) is 0 Å². The van der Waals surface area contributed by atoms with Gasteiger partial charge in [0.2, 0.25) is 0 Å². The molecule has 0 atom stereocenters. The Morgan fingerprint density at radius 3 is 3.00 bits per heavy atom. The van der Waals surface area contributed by atoms with E-state index >= 15 is 0 Å². The summed E-state index contributed by atoms with van der Waals surface area (Å²) in [5.74, 6) is 0.822. The first-order valence-corrected chi connectivity index (χ1v) is 5.37. The molecule has 1 aromatic rings. The number of nitrogens with zero attached hydrogens (tertiary/aromatic N) is 1. The molecule has 2 amide bonds. The van der Waals surface area contributed by atoms with Crippen LogP contribution in [-0.4, -0.2) is 23.5 Å². The zero-order chi connectivity index (χ0) is 10.7. The predicted molar refractivity (Wildman–Crippen MR) is 56.3 cm³/mol.